The monoisotopic (exact) mass is 811 g/mol. The first kappa shape index (κ1) is 55.1. The van der Waals surface area contributed by atoms with Crippen molar-refractivity contribution < 1.29 is 28.6 Å². The number of ether oxygens (including phenoxy) is 3. The molecule has 1 atom stereocenters. The summed E-state index contributed by atoms with van der Waals surface area (Å²) >= 11 is 0. The fourth-order valence-electron chi connectivity index (χ4n) is 6.52. The number of allylic oxidation sites excluding steroid dienone is 10. The summed E-state index contributed by atoms with van der Waals surface area (Å²) in [7, 11) is 0. The molecular weight excluding hydrogens is 721 g/mol. The lowest BCUT2D eigenvalue weighted by atomic mass is 10.1. The van der Waals surface area contributed by atoms with Crippen LogP contribution < -0.4 is 0 Å². The second-order valence-corrected chi connectivity index (χ2v) is 16.0. The quantitative estimate of drug-likeness (QED) is 0.0264. The second kappa shape index (κ2) is 46.8. The summed E-state index contributed by atoms with van der Waals surface area (Å²) in [6.45, 7) is 6.51. The van der Waals surface area contributed by atoms with E-state index in [0.29, 0.717) is 19.3 Å². The number of carbonyl (C=O) groups is 3. The Kier molecular flexibility index (Phi) is 44.5. The van der Waals surface area contributed by atoms with Crippen molar-refractivity contribution in [3.8, 4) is 0 Å². The van der Waals surface area contributed by atoms with Gasteiger partial charge in [-0.2, -0.15) is 0 Å². The Morgan fingerprint density at radius 2 is 0.638 bits per heavy atom. The fraction of sp³-hybridized carbons (Fsp3) is 0.750. The van der Waals surface area contributed by atoms with E-state index < -0.39 is 6.10 Å². The van der Waals surface area contributed by atoms with Gasteiger partial charge in [-0.05, 0) is 83.5 Å². The summed E-state index contributed by atoms with van der Waals surface area (Å²) < 4.78 is 16.7. The van der Waals surface area contributed by atoms with Crippen LogP contribution in [0.3, 0.4) is 0 Å². The Labute approximate surface area is 358 Å². The van der Waals surface area contributed by atoms with Crippen LogP contribution in [0.15, 0.2) is 60.8 Å². The topological polar surface area (TPSA) is 78.9 Å². The van der Waals surface area contributed by atoms with Gasteiger partial charge >= 0.3 is 17.9 Å². The molecule has 0 aromatic carbocycles. The van der Waals surface area contributed by atoms with Gasteiger partial charge in [0, 0.05) is 19.3 Å². The average molecular weight is 811 g/mol. The average Bonchev–Trinajstić information content (AvgIpc) is 3.22. The first-order chi connectivity index (χ1) is 28.5. The summed E-state index contributed by atoms with van der Waals surface area (Å²) in [5.41, 5.74) is 0. The smallest absolute Gasteiger partial charge is 0.306 e. The highest BCUT2D eigenvalue weighted by atomic mass is 16.6. The molecule has 0 saturated carbocycles. The fourth-order valence-corrected chi connectivity index (χ4v) is 6.52. The molecule has 0 unspecified atom stereocenters. The zero-order valence-corrected chi connectivity index (χ0v) is 38.0. The summed E-state index contributed by atoms with van der Waals surface area (Å²) in [6.07, 6.45) is 56.3. The van der Waals surface area contributed by atoms with E-state index in [9.17, 15) is 14.4 Å². The lowest BCUT2D eigenvalue weighted by molar-refractivity contribution is -0.167. The lowest BCUT2D eigenvalue weighted by Gasteiger charge is -2.18. The molecule has 0 fully saturated rings. The van der Waals surface area contributed by atoms with Crippen molar-refractivity contribution in [3.63, 3.8) is 0 Å². The molecular formula is C52H90O6. The van der Waals surface area contributed by atoms with Crippen molar-refractivity contribution in [2.45, 2.75) is 239 Å². The summed E-state index contributed by atoms with van der Waals surface area (Å²) in [6, 6.07) is 0. The molecule has 6 nitrogen and oxygen atoms in total. The molecule has 0 aliphatic rings. The number of unbranched alkanes of at least 4 members (excludes halogenated alkanes) is 22. The highest BCUT2D eigenvalue weighted by Crippen LogP contribution is 2.14. The van der Waals surface area contributed by atoms with Crippen LogP contribution in [0.2, 0.25) is 0 Å². The Morgan fingerprint density at radius 3 is 1.09 bits per heavy atom. The van der Waals surface area contributed by atoms with Crippen molar-refractivity contribution in [2.75, 3.05) is 13.2 Å². The molecule has 0 N–H and O–H groups in total. The zero-order chi connectivity index (χ0) is 42.3. The minimum absolute atomic E-state index is 0.0909. The predicted molar refractivity (Wildman–Crippen MR) is 247 cm³/mol. The van der Waals surface area contributed by atoms with E-state index in [1.54, 1.807) is 0 Å². The van der Waals surface area contributed by atoms with Gasteiger partial charge in [-0.3, -0.25) is 14.4 Å². The molecule has 0 saturated heterocycles. The van der Waals surface area contributed by atoms with Crippen molar-refractivity contribution >= 4 is 17.9 Å². The van der Waals surface area contributed by atoms with Gasteiger partial charge in [-0.1, -0.05) is 191 Å². The highest BCUT2D eigenvalue weighted by Gasteiger charge is 2.19. The van der Waals surface area contributed by atoms with Gasteiger partial charge in [0.15, 0.2) is 6.10 Å². The molecule has 0 amide bonds. The Morgan fingerprint density at radius 1 is 0.345 bits per heavy atom. The first-order valence-corrected chi connectivity index (χ1v) is 24.3. The van der Waals surface area contributed by atoms with Gasteiger partial charge in [0.05, 0.1) is 0 Å². The van der Waals surface area contributed by atoms with E-state index in [1.165, 1.54) is 96.3 Å². The standard InChI is InChI=1S/C52H90O6/c1-4-7-10-13-16-19-22-24-26-28-30-33-36-39-42-45-51(54)57-48-49(47-56-50(53)44-41-38-35-32-29-21-18-15-12-9-6-3)58-52(55)46-43-40-37-34-31-27-25-23-20-17-14-11-8-5-2/h14,16-17,19,23-26,30,33,49H,4-13,15,18,20-22,27-29,31-32,34-48H2,1-3H3/b17-14-,19-16-,25-23-,26-24-,33-30-/t49-/m1/s1. The van der Waals surface area contributed by atoms with Crippen molar-refractivity contribution in [2.24, 2.45) is 0 Å². The van der Waals surface area contributed by atoms with E-state index in [1.807, 2.05) is 0 Å². The number of hydrogen-bond donors (Lipinski definition) is 0. The van der Waals surface area contributed by atoms with Gasteiger partial charge in [-0.15, -0.1) is 0 Å². The van der Waals surface area contributed by atoms with Crippen LogP contribution in [-0.2, 0) is 28.6 Å². The van der Waals surface area contributed by atoms with Gasteiger partial charge in [0.25, 0.3) is 0 Å². The van der Waals surface area contributed by atoms with Gasteiger partial charge < -0.3 is 14.2 Å². The third kappa shape index (κ3) is 44.2. The maximum Gasteiger partial charge on any atom is 0.306 e. The van der Waals surface area contributed by atoms with Crippen molar-refractivity contribution in [3.05, 3.63) is 60.8 Å². The third-order valence-corrected chi connectivity index (χ3v) is 10.2. The normalized spacial score (nSPS) is 12.5. The van der Waals surface area contributed by atoms with Crippen LogP contribution in [0.4, 0.5) is 0 Å². The van der Waals surface area contributed by atoms with Crippen LogP contribution in [0.5, 0.6) is 0 Å². The van der Waals surface area contributed by atoms with Crippen molar-refractivity contribution in [1.29, 1.82) is 0 Å². The van der Waals surface area contributed by atoms with Crippen LogP contribution >= 0.6 is 0 Å². The van der Waals surface area contributed by atoms with Crippen LogP contribution in [-0.4, -0.2) is 37.2 Å². The number of rotatable bonds is 43. The lowest BCUT2D eigenvalue weighted by Crippen LogP contribution is -2.30. The molecule has 0 radical (unpaired) electrons. The molecule has 0 rings (SSSR count). The van der Waals surface area contributed by atoms with Crippen LogP contribution in [0.25, 0.3) is 0 Å². The Balaban J connectivity index is 4.46. The molecule has 58 heavy (non-hydrogen) atoms. The minimum Gasteiger partial charge on any atom is -0.462 e. The van der Waals surface area contributed by atoms with Crippen molar-refractivity contribution in [1.82, 2.24) is 0 Å². The van der Waals surface area contributed by atoms with E-state index in [-0.39, 0.29) is 31.1 Å². The second-order valence-electron chi connectivity index (χ2n) is 16.0. The molecule has 0 aromatic heterocycles. The van der Waals surface area contributed by atoms with E-state index in [4.69, 9.17) is 14.2 Å². The summed E-state index contributed by atoms with van der Waals surface area (Å²) in [4.78, 5) is 37.8. The summed E-state index contributed by atoms with van der Waals surface area (Å²) in [5, 5.41) is 0. The van der Waals surface area contributed by atoms with Crippen LogP contribution in [0.1, 0.15) is 233 Å². The SMILES string of the molecule is CCCC/C=C\C/C=C\CCCCCCCC(=O)O[C@@H](COC(=O)CCCC/C=C\C/C=C\C/C=C\CCCCC)COC(=O)CCCCCCCCCCCCC. The molecule has 0 heterocycles. The third-order valence-electron chi connectivity index (χ3n) is 10.2. The van der Waals surface area contributed by atoms with E-state index in [0.717, 1.165) is 96.3 Å². The van der Waals surface area contributed by atoms with Gasteiger partial charge in [-0.25, -0.2) is 0 Å². The molecule has 0 bridgehead atoms. The van der Waals surface area contributed by atoms with E-state index in [2.05, 4.69) is 81.5 Å². The Hall–Kier alpha value is -2.89. The highest BCUT2D eigenvalue weighted by molar-refractivity contribution is 5.71. The number of hydrogen-bond acceptors (Lipinski definition) is 6. The van der Waals surface area contributed by atoms with Gasteiger partial charge in [0.1, 0.15) is 13.2 Å². The number of carbonyl (C=O) groups excluding carboxylic acids is 3. The molecule has 0 spiro atoms. The van der Waals surface area contributed by atoms with Gasteiger partial charge in [0.2, 0.25) is 0 Å². The molecule has 0 aliphatic carbocycles. The number of esters is 3. The minimum atomic E-state index is -0.793. The summed E-state index contributed by atoms with van der Waals surface area (Å²) in [5.74, 6) is -0.945. The largest absolute Gasteiger partial charge is 0.462 e. The maximum atomic E-state index is 12.7. The molecule has 0 aliphatic heterocycles. The van der Waals surface area contributed by atoms with Crippen LogP contribution in [0, 0.1) is 0 Å². The molecule has 334 valence electrons. The molecule has 0 aromatic rings. The Bertz CT molecular complexity index is 1070. The maximum absolute atomic E-state index is 12.7. The zero-order valence-electron chi connectivity index (χ0n) is 38.0. The first-order valence-electron chi connectivity index (χ1n) is 24.3. The molecule has 6 heteroatoms. The predicted octanol–water partition coefficient (Wildman–Crippen LogP) is 15.7. The van der Waals surface area contributed by atoms with E-state index >= 15 is 0 Å².